The molecular weight excluding hydrogens is 452 g/mol. The van der Waals surface area contributed by atoms with Crippen molar-refractivity contribution in [3.8, 4) is 5.75 Å². The molecule has 3 rings (SSSR count). The Morgan fingerprint density at radius 3 is 2.44 bits per heavy atom. The van der Waals surface area contributed by atoms with Crippen LogP contribution in [0.15, 0.2) is 47.4 Å². The second-order valence-electron chi connectivity index (χ2n) is 8.70. The number of amides is 2. The maximum absolute atomic E-state index is 13.2. The van der Waals surface area contributed by atoms with Gasteiger partial charge in [-0.05, 0) is 48.9 Å². The fraction of sp³-hybridized carbons (Fsp3) is 0.462. The number of carbonyl (C=O) groups excluding carboxylic acids is 2. The summed E-state index contributed by atoms with van der Waals surface area (Å²) < 4.78 is 33.5. The second kappa shape index (κ2) is 12.0. The molecule has 0 unspecified atom stereocenters. The Morgan fingerprint density at radius 1 is 1.00 bits per heavy atom. The van der Waals surface area contributed by atoms with Crippen LogP contribution >= 0.6 is 0 Å². The molecular formula is C26H34N2O5S. The summed E-state index contributed by atoms with van der Waals surface area (Å²) in [5, 5.41) is 2.71. The van der Waals surface area contributed by atoms with Crippen molar-refractivity contribution < 1.29 is 22.7 Å². The number of methoxy groups -OCH3 is 1. The van der Waals surface area contributed by atoms with Crippen LogP contribution in [0.2, 0.25) is 0 Å². The van der Waals surface area contributed by atoms with Crippen molar-refractivity contribution in [1.29, 1.82) is 0 Å². The van der Waals surface area contributed by atoms with E-state index in [-0.39, 0.29) is 17.0 Å². The van der Waals surface area contributed by atoms with E-state index in [1.54, 1.807) is 25.3 Å². The molecule has 184 valence electrons. The van der Waals surface area contributed by atoms with E-state index in [1.807, 2.05) is 19.1 Å². The molecule has 8 heteroatoms. The van der Waals surface area contributed by atoms with E-state index in [4.69, 9.17) is 4.74 Å². The van der Waals surface area contributed by atoms with Gasteiger partial charge in [0.15, 0.2) is 0 Å². The van der Waals surface area contributed by atoms with Crippen molar-refractivity contribution in [2.24, 2.45) is 0 Å². The SMILES string of the molecule is CCCCCC(=O)NS(=O)(=O)c1ccccc1NC(=O)c1cccc(C2CCCCC2)c1OC. The molecule has 0 spiro atoms. The van der Waals surface area contributed by atoms with Crippen LogP contribution in [0, 0.1) is 0 Å². The van der Waals surface area contributed by atoms with E-state index in [9.17, 15) is 18.0 Å². The minimum atomic E-state index is -4.14. The zero-order valence-electron chi connectivity index (χ0n) is 19.9. The molecule has 34 heavy (non-hydrogen) atoms. The molecule has 0 radical (unpaired) electrons. The molecule has 2 aromatic rings. The number of ether oxygens (including phenoxy) is 1. The van der Waals surface area contributed by atoms with Crippen molar-refractivity contribution in [1.82, 2.24) is 4.72 Å². The third-order valence-electron chi connectivity index (χ3n) is 6.22. The molecule has 7 nitrogen and oxygen atoms in total. The van der Waals surface area contributed by atoms with Gasteiger partial charge in [-0.25, -0.2) is 13.1 Å². The Morgan fingerprint density at radius 2 is 1.74 bits per heavy atom. The molecule has 0 aromatic heterocycles. The number of rotatable bonds is 10. The Labute approximate surface area is 202 Å². The summed E-state index contributed by atoms with van der Waals surface area (Å²) in [5.74, 6) is -0.161. The summed E-state index contributed by atoms with van der Waals surface area (Å²) in [6, 6.07) is 11.6. The van der Waals surface area contributed by atoms with Crippen molar-refractivity contribution in [2.75, 3.05) is 12.4 Å². The Hall–Kier alpha value is -2.87. The maximum Gasteiger partial charge on any atom is 0.266 e. The van der Waals surface area contributed by atoms with Gasteiger partial charge in [-0.15, -0.1) is 0 Å². The highest BCUT2D eigenvalue weighted by Gasteiger charge is 2.25. The van der Waals surface area contributed by atoms with E-state index >= 15 is 0 Å². The van der Waals surface area contributed by atoms with Gasteiger partial charge in [0.25, 0.3) is 15.9 Å². The summed E-state index contributed by atoms with van der Waals surface area (Å²) in [7, 11) is -2.60. The molecule has 2 aromatic carbocycles. The third kappa shape index (κ3) is 6.38. The highest BCUT2D eigenvalue weighted by Crippen LogP contribution is 2.39. The molecule has 0 atom stereocenters. The summed E-state index contributed by atoms with van der Waals surface area (Å²) in [4.78, 5) is 25.2. The van der Waals surface area contributed by atoms with E-state index in [0.29, 0.717) is 23.7 Å². The van der Waals surface area contributed by atoms with Gasteiger partial charge < -0.3 is 10.1 Å². The first-order valence-corrected chi connectivity index (χ1v) is 13.5. The molecule has 1 aliphatic rings. The molecule has 1 aliphatic carbocycles. The standard InChI is InChI=1S/C26H34N2O5S/c1-3-4-6-18-24(29)28-34(31,32)23-17-10-9-16-22(23)27-26(30)21-15-11-14-20(25(21)33-2)19-12-7-5-8-13-19/h9-11,14-17,19H,3-8,12-13,18H2,1-2H3,(H,27,30)(H,28,29). The molecule has 1 saturated carbocycles. The lowest BCUT2D eigenvalue weighted by atomic mass is 9.83. The number of anilines is 1. The number of hydrogen-bond acceptors (Lipinski definition) is 5. The Balaban J connectivity index is 1.83. The predicted octanol–water partition coefficient (Wildman–Crippen LogP) is 5.38. The van der Waals surface area contributed by atoms with Gasteiger partial charge in [-0.1, -0.05) is 63.3 Å². The van der Waals surface area contributed by atoms with Crippen LogP contribution in [0.4, 0.5) is 5.69 Å². The maximum atomic E-state index is 13.2. The summed E-state index contributed by atoms with van der Waals surface area (Å²) in [6.07, 6.45) is 8.17. The number of benzene rings is 2. The quantitative estimate of drug-likeness (QED) is 0.439. The highest BCUT2D eigenvalue weighted by atomic mass is 32.2. The van der Waals surface area contributed by atoms with Gasteiger partial charge in [0.2, 0.25) is 5.91 Å². The number of unbranched alkanes of at least 4 members (excludes halogenated alkanes) is 2. The van der Waals surface area contributed by atoms with E-state index in [0.717, 1.165) is 44.1 Å². The van der Waals surface area contributed by atoms with Gasteiger partial charge >= 0.3 is 0 Å². The van der Waals surface area contributed by atoms with Crippen LogP contribution in [0.25, 0.3) is 0 Å². The number of carbonyl (C=O) groups is 2. The highest BCUT2D eigenvalue weighted by molar-refractivity contribution is 7.90. The Kier molecular flexibility index (Phi) is 9.10. The molecule has 0 saturated heterocycles. The van der Waals surface area contributed by atoms with E-state index < -0.39 is 21.8 Å². The van der Waals surface area contributed by atoms with Gasteiger partial charge in [0, 0.05) is 6.42 Å². The van der Waals surface area contributed by atoms with Gasteiger partial charge in [-0.2, -0.15) is 0 Å². The molecule has 0 bridgehead atoms. The molecule has 0 aliphatic heterocycles. The Bertz CT molecular complexity index is 1110. The largest absolute Gasteiger partial charge is 0.496 e. The molecule has 2 amide bonds. The minimum Gasteiger partial charge on any atom is -0.496 e. The first-order valence-electron chi connectivity index (χ1n) is 12.0. The van der Waals surface area contributed by atoms with Gasteiger partial charge in [0.1, 0.15) is 10.6 Å². The zero-order valence-corrected chi connectivity index (χ0v) is 20.7. The van der Waals surface area contributed by atoms with Crippen LogP contribution < -0.4 is 14.8 Å². The topological polar surface area (TPSA) is 102 Å². The monoisotopic (exact) mass is 486 g/mol. The van der Waals surface area contributed by atoms with Crippen molar-refractivity contribution >= 4 is 27.5 Å². The normalized spacial score (nSPS) is 14.4. The lowest BCUT2D eigenvalue weighted by molar-refractivity contribution is -0.119. The van der Waals surface area contributed by atoms with Crippen molar-refractivity contribution in [3.63, 3.8) is 0 Å². The summed E-state index contributed by atoms with van der Waals surface area (Å²) in [5.41, 5.74) is 1.46. The number of nitrogens with one attached hydrogen (secondary N) is 2. The number of hydrogen-bond donors (Lipinski definition) is 2. The molecule has 0 heterocycles. The first-order chi connectivity index (χ1) is 16.4. The van der Waals surface area contributed by atoms with Gasteiger partial charge in [-0.3, -0.25) is 9.59 Å². The van der Waals surface area contributed by atoms with Crippen molar-refractivity contribution in [3.05, 3.63) is 53.6 Å². The predicted molar refractivity (Wildman–Crippen MR) is 133 cm³/mol. The summed E-state index contributed by atoms with van der Waals surface area (Å²) >= 11 is 0. The van der Waals surface area contributed by atoms with E-state index in [2.05, 4.69) is 10.0 Å². The number of para-hydroxylation sites is 2. The van der Waals surface area contributed by atoms with Crippen LogP contribution in [0.1, 0.15) is 86.6 Å². The van der Waals surface area contributed by atoms with E-state index in [1.165, 1.54) is 18.6 Å². The van der Waals surface area contributed by atoms with Gasteiger partial charge in [0.05, 0.1) is 18.4 Å². The smallest absolute Gasteiger partial charge is 0.266 e. The zero-order chi connectivity index (χ0) is 24.6. The molecule has 2 N–H and O–H groups in total. The summed E-state index contributed by atoms with van der Waals surface area (Å²) in [6.45, 7) is 2.01. The fourth-order valence-corrected chi connectivity index (χ4v) is 5.66. The first kappa shape index (κ1) is 25.7. The van der Waals surface area contributed by atoms with Crippen LogP contribution in [0.3, 0.4) is 0 Å². The lowest BCUT2D eigenvalue weighted by Gasteiger charge is -2.24. The van der Waals surface area contributed by atoms with Crippen LogP contribution in [-0.2, 0) is 14.8 Å². The minimum absolute atomic E-state index is 0.103. The van der Waals surface area contributed by atoms with Crippen LogP contribution in [0.5, 0.6) is 5.75 Å². The number of sulfonamides is 1. The lowest BCUT2D eigenvalue weighted by Crippen LogP contribution is -2.31. The second-order valence-corrected chi connectivity index (χ2v) is 10.3. The average molecular weight is 487 g/mol. The van der Waals surface area contributed by atoms with Crippen LogP contribution in [-0.4, -0.2) is 27.3 Å². The molecule has 1 fully saturated rings. The van der Waals surface area contributed by atoms with Crippen molar-refractivity contribution in [2.45, 2.75) is 75.5 Å². The fourth-order valence-electron chi connectivity index (χ4n) is 4.48. The third-order valence-corrected chi connectivity index (χ3v) is 7.65. The average Bonchev–Trinajstić information content (AvgIpc) is 2.84.